The van der Waals surface area contributed by atoms with Gasteiger partial charge in [0, 0.05) is 0 Å². The van der Waals surface area contributed by atoms with E-state index < -0.39 is 0 Å². The predicted molar refractivity (Wildman–Crippen MR) is 111 cm³/mol. The molecule has 0 amide bonds. The van der Waals surface area contributed by atoms with Crippen LogP contribution in [0, 0.1) is 0 Å². The van der Waals surface area contributed by atoms with Crippen LogP contribution < -0.4 is 4.74 Å². The Balaban J connectivity index is 1.29. The summed E-state index contributed by atoms with van der Waals surface area (Å²) in [5, 5.41) is 0. The van der Waals surface area contributed by atoms with E-state index in [1.165, 1.54) is 89.9 Å². The van der Waals surface area contributed by atoms with Gasteiger partial charge in [0.1, 0.15) is 5.75 Å². The first-order valence-electron chi connectivity index (χ1n) is 11.2. The first-order chi connectivity index (χ1) is 12.9. The van der Waals surface area contributed by atoms with Gasteiger partial charge in [0.15, 0.2) is 0 Å². The lowest BCUT2D eigenvalue weighted by molar-refractivity contribution is 0.304. The van der Waals surface area contributed by atoms with Gasteiger partial charge in [-0.25, -0.2) is 0 Å². The monoisotopic (exact) mass is 360 g/mol. The van der Waals surface area contributed by atoms with Crippen LogP contribution >= 0.6 is 0 Å². The van der Waals surface area contributed by atoms with Crippen LogP contribution in [0.15, 0.2) is 30.3 Å². The van der Waals surface area contributed by atoms with E-state index in [0.717, 1.165) is 12.4 Å². The fourth-order valence-corrected chi connectivity index (χ4v) is 3.67. The molecule has 0 N–H and O–H groups in total. The van der Waals surface area contributed by atoms with Crippen LogP contribution in [0.5, 0.6) is 5.75 Å². The Kier molecular flexibility index (Phi) is 11.5. The van der Waals surface area contributed by atoms with Crippen molar-refractivity contribution in [2.75, 3.05) is 6.61 Å². The third-order valence-electron chi connectivity index (χ3n) is 5.42. The zero-order valence-electron chi connectivity index (χ0n) is 17.0. The molecule has 2 nitrogen and oxygen atoms in total. The average molecular weight is 361 g/mol. The number of benzene rings is 1. The molecule has 1 fully saturated rings. The highest BCUT2D eigenvalue weighted by Crippen LogP contribution is 2.31. The molecular weight excluding hydrogens is 320 g/mol. The number of para-hydroxylation sites is 1. The van der Waals surface area contributed by atoms with Gasteiger partial charge in [0.05, 0.1) is 18.8 Å². The van der Waals surface area contributed by atoms with Gasteiger partial charge in [-0.05, 0) is 31.4 Å². The maximum Gasteiger partial charge on any atom is 0.119 e. The highest BCUT2D eigenvalue weighted by Gasteiger charge is 2.36. The van der Waals surface area contributed by atoms with Crippen molar-refractivity contribution < 1.29 is 9.47 Å². The van der Waals surface area contributed by atoms with E-state index in [0.29, 0.717) is 12.2 Å². The lowest BCUT2D eigenvalue weighted by atomic mass is 10.0. The second-order valence-corrected chi connectivity index (χ2v) is 7.84. The van der Waals surface area contributed by atoms with Crippen molar-refractivity contribution in [2.45, 2.75) is 109 Å². The fourth-order valence-electron chi connectivity index (χ4n) is 3.67. The van der Waals surface area contributed by atoms with Gasteiger partial charge in [-0.3, -0.25) is 0 Å². The summed E-state index contributed by atoms with van der Waals surface area (Å²) in [6, 6.07) is 10.1. The van der Waals surface area contributed by atoms with Gasteiger partial charge in [-0.15, -0.1) is 0 Å². The maximum atomic E-state index is 5.83. The molecule has 1 aliphatic heterocycles. The molecule has 0 bridgehead atoms. The third-order valence-corrected chi connectivity index (χ3v) is 5.42. The molecule has 26 heavy (non-hydrogen) atoms. The van der Waals surface area contributed by atoms with Crippen molar-refractivity contribution in [1.82, 2.24) is 0 Å². The van der Waals surface area contributed by atoms with Crippen LogP contribution in [0.3, 0.4) is 0 Å². The van der Waals surface area contributed by atoms with E-state index in [-0.39, 0.29) is 0 Å². The van der Waals surface area contributed by atoms with Crippen LogP contribution in [-0.4, -0.2) is 18.8 Å². The van der Waals surface area contributed by atoms with E-state index in [2.05, 4.69) is 6.92 Å². The van der Waals surface area contributed by atoms with Crippen molar-refractivity contribution in [2.24, 2.45) is 0 Å². The van der Waals surface area contributed by atoms with Crippen LogP contribution in [0.2, 0.25) is 0 Å². The Bertz CT molecular complexity index is 431. The average Bonchev–Trinajstić information content (AvgIpc) is 3.42. The van der Waals surface area contributed by atoms with Crippen LogP contribution in [0.25, 0.3) is 0 Å². The third kappa shape index (κ3) is 10.2. The molecule has 2 atom stereocenters. The zero-order valence-corrected chi connectivity index (χ0v) is 17.0. The molecule has 0 spiro atoms. The number of rotatable bonds is 17. The molecule has 1 aromatic carbocycles. The molecule has 1 heterocycles. The zero-order chi connectivity index (χ0) is 18.3. The number of hydrogen-bond acceptors (Lipinski definition) is 2. The molecule has 0 saturated carbocycles. The lowest BCUT2D eigenvalue weighted by Gasteiger charge is -2.05. The van der Waals surface area contributed by atoms with Crippen LogP contribution in [-0.2, 0) is 4.74 Å². The summed E-state index contributed by atoms with van der Waals surface area (Å²) in [7, 11) is 0. The fraction of sp³-hybridized carbons (Fsp3) is 0.750. The molecule has 1 aromatic rings. The highest BCUT2D eigenvalue weighted by molar-refractivity contribution is 5.20. The van der Waals surface area contributed by atoms with E-state index in [1.54, 1.807) is 0 Å². The SMILES string of the molecule is CCCCCCCCC1OC1CCCCCCCCOc1ccccc1. The second-order valence-electron chi connectivity index (χ2n) is 7.84. The number of ether oxygens (including phenoxy) is 2. The molecule has 148 valence electrons. The van der Waals surface area contributed by atoms with Crippen molar-refractivity contribution in [1.29, 1.82) is 0 Å². The van der Waals surface area contributed by atoms with Gasteiger partial charge >= 0.3 is 0 Å². The van der Waals surface area contributed by atoms with Crippen molar-refractivity contribution in [3.63, 3.8) is 0 Å². The Labute approximate surface area is 161 Å². The largest absolute Gasteiger partial charge is 0.494 e. The molecule has 2 rings (SSSR count). The van der Waals surface area contributed by atoms with Gasteiger partial charge in [0.2, 0.25) is 0 Å². The lowest BCUT2D eigenvalue weighted by Crippen LogP contribution is -1.97. The molecular formula is C24H40O2. The summed E-state index contributed by atoms with van der Waals surface area (Å²) in [4.78, 5) is 0. The minimum absolute atomic E-state index is 0.602. The van der Waals surface area contributed by atoms with Gasteiger partial charge in [-0.1, -0.05) is 95.8 Å². The molecule has 0 aromatic heterocycles. The van der Waals surface area contributed by atoms with Gasteiger partial charge in [0.25, 0.3) is 0 Å². The Morgan fingerprint density at radius 3 is 1.85 bits per heavy atom. The summed E-state index contributed by atoms with van der Waals surface area (Å²) in [5.74, 6) is 0.993. The Hall–Kier alpha value is -1.02. The van der Waals surface area contributed by atoms with Gasteiger partial charge < -0.3 is 9.47 Å². The van der Waals surface area contributed by atoms with Crippen molar-refractivity contribution in [3.8, 4) is 5.75 Å². The molecule has 2 heteroatoms. The quantitative estimate of drug-likeness (QED) is 0.214. The first-order valence-corrected chi connectivity index (χ1v) is 11.2. The second kappa shape index (κ2) is 14.1. The number of epoxide rings is 1. The van der Waals surface area contributed by atoms with Crippen molar-refractivity contribution in [3.05, 3.63) is 30.3 Å². The summed E-state index contributed by atoms with van der Waals surface area (Å²) in [5.41, 5.74) is 0. The molecule has 1 aliphatic rings. The smallest absolute Gasteiger partial charge is 0.119 e. The van der Waals surface area contributed by atoms with Gasteiger partial charge in [-0.2, -0.15) is 0 Å². The van der Waals surface area contributed by atoms with Crippen LogP contribution in [0.1, 0.15) is 96.8 Å². The molecule has 1 saturated heterocycles. The van der Waals surface area contributed by atoms with Crippen LogP contribution in [0.4, 0.5) is 0 Å². The minimum atomic E-state index is 0.602. The number of unbranched alkanes of at least 4 members (excludes halogenated alkanes) is 10. The highest BCUT2D eigenvalue weighted by atomic mass is 16.6. The van der Waals surface area contributed by atoms with E-state index in [4.69, 9.17) is 9.47 Å². The Morgan fingerprint density at radius 2 is 1.23 bits per heavy atom. The maximum absolute atomic E-state index is 5.83. The molecule has 0 aliphatic carbocycles. The predicted octanol–water partition coefficient (Wildman–Crippen LogP) is 7.31. The van der Waals surface area contributed by atoms with E-state index >= 15 is 0 Å². The standard InChI is InChI=1S/C24H40O2/c1-2-3-4-5-8-14-19-23-24(26-23)20-15-9-6-7-10-16-21-25-22-17-12-11-13-18-22/h11-13,17-18,23-24H,2-10,14-16,19-21H2,1H3. The summed E-state index contributed by atoms with van der Waals surface area (Å²) in [6.07, 6.45) is 20.0. The van der Waals surface area contributed by atoms with Crippen molar-refractivity contribution >= 4 is 0 Å². The minimum Gasteiger partial charge on any atom is -0.494 e. The Morgan fingerprint density at radius 1 is 0.692 bits per heavy atom. The topological polar surface area (TPSA) is 21.8 Å². The summed E-state index contributed by atoms with van der Waals surface area (Å²) < 4.78 is 11.6. The summed E-state index contributed by atoms with van der Waals surface area (Å²) in [6.45, 7) is 3.13. The summed E-state index contributed by atoms with van der Waals surface area (Å²) >= 11 is 0. The van der Waals surface area contributed by atoms with E-state index in [1.807, 2.05) is 30.3 Å². The van der Waals surface area contributed by atoms with E-state index in [9.17, 15) is 0 Å². The molecule has 0 radical (unpaired) electrons. The molecule has 2 unspecified atom stereocenters. The number of hydrogen-bond donors (Lipinski definition) is 0. The normalized spacial score (nSPS) is 18.8. The first kappa shape index (κ1) is 21.3.